The minimum Gasteiger partial charge on any atom is -0.311 e. The molecule has 14 aromatic rings. The zero-order valence-electron chi connectivity index (χ0n) is 41.3. The molecule has 0 bridgehead atoms. The lowest BCUT2D eigenvalue weighted by Gasteiger charge is -2.35. The molecule has 1 aromatic heterocycles. The highest BCUT2D eigenvalue weighted by molar-refractivity contribution is 7.19. The smallest absolute Gasteiger partial charge is 0.179 e. The van der Waals surface area contributed by atoms with Crippen LogP contribution in [0.1, 0.15) is 0 Å². The summed E-state index contributed by atoms with van der Waals surface area (Å²) in [6, 6.07) is 112. The third-order valence-electron chi connectivity index (χ3n) is 15.5. The largest absolute Gasteiger partial charge is 0.311 e. The summed E-state index contributed by atoms with van der Waals surface area (Å²) in [5.41, 5.74) is 11.6. The second-order valence-electron chi connectivity index (χ2n) is 19.6. The lowest BCUT2D eigenvalue weighted by molar-refractivity contribution is 1.20. The molecule has 0 fully saturated rings. The summed E-state index contributed by atoms with van der Waals surface area (Å²) in [6.45, 7) is 0. The Bertz CT molecular complexity index is 4290. The van der Waals surface area contributed by atoms with E-state index in [2.05, 4.69) is 313 Å². The Kier molecular flexibility index (Phi) is 10.9. The zero-order valence-corrected chi connectivity index (χ0v) is 42.3. The fraction of sp³-hybridized carbons (Fsp3) is 0. The van der Waals surface area contributed by atoms with Crippen LogP contribution in [0.2, 0.25) is 0 Å². The Balaban J connectivity index is 0.944. The van der Waals surface area contributed by atoms with E-state index in [4.69, 9.17) is 0 Å². The summed E-state index contributed by atoms with van der Waals surface area (Å²) in [7, 11) is -2.84. The van der Waals surface area contributed by atoms with Crippen LogP contribution in [0.15, 0.2) is 303 Å². The molecule has 0 saturated heterocycles. The van der Waals surface area contributed by atoms with Crippen LogP contribution < -0.4 is 25.6 Å². The van der Waals surface area contributed by atoms with Gasteiger partial charge in [0.15, 0.2) is 8.07 Å². The summed E-state index contributed by atoms with van der Waals surface area (Å²) in [5.74, 6) is 0. The predicted molar refractivity (Wildman–Crippen MR) is 322 cm³/mol. The van der Waals surface area contributed by atoms with E-state index in [0.717, 1.165) is 17.1 Å². The monoisotopic (exact) mass is 970 g/mol. The van der Waals surface area contributed by atoms with E-state index < -0.39 is 8.07 Å². The van der Waals surface area contributed by atoms with Crippen LogP contribution in [0.4, 0.5) is 17.1 Å². The van der Waals surface area contributed by atoms with E-state index in [1.165, 1.54) is 103 Å². The van der Waals surface area contributed by atoms with Gasteiger partial charge in [-0.3, -0.25) is 0 Å². The Hall–Kier alpha value is -9.54. The minimum atomic E-state index is -2.84. The second-order valence-corrected chi connectivity index (χ2v) is 23.4. The maximum atomic E-state index is 2.48. The van der Waals surface area contributed by atoms with Crippen molar-refractivity contribution in [3.63, 3.8) is 0 Å². The van der Waals surface area contributed by atoms with Crippen molar-refractivity contribution in [3.05, 3.63) is 303 Å². The first-order valence-electron chi connectivity index (χ1n) is 25.9. The third kappa shape index (κ3) is 7.39. The van der Waals surface area contributed by atoms with Crippen LogP contribution in [-0.2, 0) is 0 Å². The molecule has 3 heteroatoms. The van der Waals surface area contributed by atoms with Crippen molar-refractivity contribution in [1.82, 2.24) is 4.57 Å². The van der Waals surface area contributed by atoms with Gasteiger partial charge in [0.25, 0.3) is 0 Å². The summed E-state index contributed by atoms with van der Waals surface area (Å²) in [5, 5.41) is 15.3. The molecule has 0 atom stereocenters. The van der Waals surface area contributed by atoms with Crippen molar-refractivity contribution in [1.29, 1.82) is 0 Å². The Labute approximate surface area is 438 Å². The number of aromatic nitrogens is 1. The molecule has 1 heterocycles. The van der Waals surface area contributed by atoms with E-state index in [0.29, 0.717) is 0 Å². The van der Waals surface area contributed by atoms with Crippen LogP contribution in [0.25, 0.3) is 82.1 Å². The molecule has 0 spiro atoms. The summed E-state index contributed by atoms with van der Waals surface area (Å²) < 4.78 is 2.48. The Morgan fingerprint density at radius 3 is 1.37 bits per heavy atom. The number of anilines is 3. The van der Waals surface area contributed by atoms with Crippen LogP contribution in [0, 0.1) is 0 Å². The first-order valence-corrected chi connectivity index (χ1v) is 27.9. The number of para-hydroxylation sites is 1. The highest BCUT2D eigenvalue weighted by Gasteiger charge is 2.41. The fourth-order valence-electron chi connectivity index (χ4n) is 12.2. The molecule has 0 N–H and O–H groups in total. The van der Waals surface area contributed by atoms with Gasteiger partial charge in [-0.2, -0.15) is 0 Å². The lowest BCUT2D eigenvalue weighted by atomic mass is 9.97. The third-order valence-corrected chi connectivity index (χ3v) is 20.3. The molecule has 2 nitrogen and oxygen atoms in total. The van der Waals surface area contributed by atoms with Crippen molar-refractivity contribution >= 4 is 100 Å². The second kappa shape index (κ2) is 18.5. The van der Waals surface area contributed by atoms with E-state index in [9.17, 15) is 0 Å². The normalized spacial score (nSPS) is 11.7. The number of nitrogens with zero attached hydrogens (tertiary/aromatic N) is 2. The van der Waals surface area contributed by atoms with Gasteiger partial charge in [-0.25, -0.2) is 0 Å². The van der Waals surface area contributed by atoms with E-state index in [1.807, 2.05) is 0 Å². The van der Waals surface area contributed by atoms with Crippen LogP contribution in [0.3, 0.4) is 0 Å². The van der Waals surface area contributed by atoms with Crippen molar-refractivity contribution in [2.24, 2.45) is 0 Å². The molecular weight excluding hydrogens is 921 g/mol. The first-order chi connectivity index (χ1) is 37.2. The summed E-state index contributed by atoms with van der Waals surface area (Å²) in [4.78, 5) is 2.44. The Morgan fingerprint density at radius 2 is 0.720 bits per heavy atom. The predicted octanol–water partition coefficient (Wildman–Crippen LogP) is 16.4. The molecule has 14 rings (SSSR count). The average Bonchev–Trinajstić information content (AvgIpc) is 3.83. The molecule has 0 radical (unpaired) electrons. The molecule has 0 unspecified atom stereocenters. The number of fused-ring (bicyclic) bond motifs is 7. The van der Waals surface area contributed by atoms with Crippen molar-refractivity contribution in [2.75, 3.05) is 4.90 Å². The molecular formula is C72H50N2Si. The highest BCUT2D eigenvalue weighted by Crippen LogP contribution is 2.43. The van der Waals surface area contributed by atoms with Gasteiger partial charge in [-0.15, -0.1) is 0 Å². The fourth-order valence-corrected chi connectivity index (χ4v) is 17.0. The number of hydrogen-bond acceptors (Lipinski definition) is 1. The van der Waals surface area contributed by atoms with Gasteiger partial charge < -0.3 is 9.47 Å². The van der Waals surface area contributed by atoms with E-state index in [1.54, 1.807) is 0 Å². The first kappa shape index (κ1) is 44.2. The highest BCUT2D eigenvalue weighted by atomic mass is 28.3. The number of hydrogen-bond donors (Lipinski definition) is 0. The lowest BCUT2D eigenvalue weighted by Crippen LogP contribution is -2.74. The van der Waals surface area contributed by atoms with Crippen LogP contribution >= 0.6 is 0 Å². The maximum absolute atomic E-state index is 2.84. The SMILES string of the molecule is c1ccc([Si](c2ccccc2)(c2ccccc2)c2cccc(N(c3ccc(-c4cccc5ccccc45)cc3)c3ccc(-c4cccc5c4c4ccccc4n5-c4cc5ccccc5c5ccccc45)cc3)c2)cc1. The molecule has 0 amide bonds. The van der Waals surface area contributed by atoms with Crippen molar-refractivity contribution < 1.29 is 0 Å². The topological polar surface area (TPSA) is 8.17 Å². The number of benzene rings is 13. The van der Waals surface area contributed by atoms with Gasteiger partial charge in [0.05, 0.1) is 16.7 Å². The molecule has 352 valence electrons. The van der Waals surface area contributed by atoms with Gasteiger partial charge in [-0.05, 0) is 125 Å². The zero-order chi connectivity index (χ0) is 49.7. The molecule has 75 heavy (non-hydrogen) atoms. The molecule has 13 aromatic carbocycles. The maximum Gasteiger partial charge on any atom is 0.179 e. The molecule has 0 saturated carbocycles. The van der Waals surface area contributed by atoms with Crippen molar-refractivity contribution in [2.45, 2.75) is 0 Å². The molecule has 0 aliphatic rings. The standard InChI is InChI=1S/C72H50N2Si/c1-4-25-58(26-5-1)75(59-27-6-2-7-28-59,60-29-8-3-9-30-60)61-31-19-24-57(50-61)73(55-45-41-52(42-46-55)63-37-18-23-51-21-10-12-32-62(51)63)56-47-43-53(44-48-56)65-38-20-40-70-72(65)68-36-16-17-39-69(68)74(70)71-49-54-22-11-13-33-64(54)66-34-14-15-35-67(66)71/h1-50H. The van der Waals surface area contributed by atoms with Gasteiger partial charge >= 0.3 is 0 Å². The van der Waals surface area contributed by atoms with Gasteiger partial charge in [-0.1, -0.05) is 249 Å². The minimum absolute atomic E-state index is 1.08. The van der Waals surface area contributed by atoms with E-state index >= 15 is 0 Å². The molecule has 0 aliphatic carbocycles. The van der Waals surface area contributed by atoms with Crippen molar-refractivity contribution in [3.8, 4) is 27.9 Å². The average molecular weight is 971 g/mol. The summed E-state index contributed by atoms with van der Waals surface area (Å²) >= 11 is 0. The number of rotatable bonds is 10. The Morgan fingerprint density at radius 1 is 0.267 bits per heavy atom. The van der Waals surface area contributed by atoms with Gasteiger partial charge in [0.2, 0.25) is 0 Å². The van der Waals surface area contributed by atoms with E-state index in [-0.39, 0.29) is 0 Å². The molecule has 0 aliphatic heterocycles. The summed E-state index contributed by atoms with van der Waals surface area (Å²) in [6.07, 6.45) is 0. The van der Waals surface area contributed by atoms with Crippen LogP contribution in [0.5, 0.6) is 0 Å². The van der Waals surface area contributed by atoms with Crippen LogP contribution in [-0.4, -0.2) is 12.6 Å². The quantitative estimate of drug-likeness (QED) is 0.0753. The van der Waals surface area contributed by atoms with Gasteiger partial charge in [0, 0.05) is 33.2 Å². The van der Waals surface area contributed by atoms with Gasteiger partial charge in [0.1, 0.15) is 0 Å².